The van der Waals surface area contributed by atoms with Gasteiger partial charge in [0.25, 0.3) is 0 Å². The summed E-state index contributed by atoms with van der Waals surface area (Å²) in [7, 11) is 0. The number of rotatable bonds is 58. The van der Waals surface area contributed by atoms with Gasteiger partial charge >= 0.3 is 17.9 Å². The molecule has 0 amide bonds. The smallest absolute Gasteiger partial charge is 0.306 e. The number of esters is 3. The molecule has 0 aliphatic carbocycles. The van der Waals surface area contributed by atoms with Crippen molar-refractivity contribution in [3.8, 4) is 0 Å². The summed E-state index contributed by atoms with van der Waals surface area (Å²) in [6.45, 7) is 6.53. The minimum absolute atomic E-state index is 0.0847. The van der Waals surface area contributed by atoms with Crippen molar-refractivity contribution in [3.05, 3.63) is 85.1 Å². The average molecular weight is 1050 g/mol. The predicted octanol–water partition coefficient (Wildman–Crippen LogP) is 21.9. The van der Waals surface area contributed by atoms with Gasteiger partial charge in [-0.2, -0.15) is 0 Å². The molecule has 0 spiro atoms. The van der Waals surface area contributed by atoms with Crippen LogP contribution >= 0.6 is 0 Å². The topological polar surface area (TPSA) is 78.9 Å². The zero-order chi connectivity index (χ0) is 54.3. The molecule has 0 radical (unpaired) electrons. The molecule has 6 heteroatoms. The van der Waals surface area contributed by atoms with Gasteiger partial charge in [-0.15, -0.1) is 0 Å². The quantitative estimate of drug-likeness (QED) is 0.0261. The third kappa shape index (κ3) is 61.3. The average Bonchev–Trinajstić information content (AvgIpc) is 3.41. The van der Waals surface area contributed by atoms with E-state index in [9.17, 15) is 14.4 Å². The fraction of sp³-hybridized carbons (Fsp3) is 0.754. The van der Waals surface area contributed by atoms with Crippen molar-refractivity contribution >= 4 is 17.9 Å². The molecule has 0 N–H and O–H groups in total. The van der Waals surface area contributed by atoms with Crippen LogP contribution in [0.5, 0.6) is 0 Å². The van der Waals surface area contributed by atoms with E-state index in [1.54, 1.807) is 0 Å². The molecule has 0 aromatic rings. The van der Waals surface area contributed by atoms with Gasteiger partial charge in [0.15, 0.2) is 6.10 Å². The Hall–Kier alpha value is -3.41. The molecule has 0 aromatic heterocycles. The van der Waals surface area contributed by atoms with Gasteiger partial charge in [-0.1, -0.05) is 266 Å². The minimum atomic E-state index is -0.789. The van der Waals surface area contributed by atoms with E-state index in [0.29, 0.717) is 19.3 Å². The van der Waals surface area contributed by atoms with Crippen molar-refractivity contribution in [2.24, 2.45) is 0 Å². The van der Waals surface area contributed by atoms with Crippen LogP contribution in [0.1, 0.15) is 316 Å². The molecule has 1 atom stereocenters. The van der Waals surface area contributed by atoms with Crippen LogP contribution < -0.4 is 0 Å². The molecule has 0 aromatic carbocycles. The van der Waals surface area contributed by atoms with Crippen LogP contribution in [0.15, 0.2) is 85.1 Å². The lowest BCUT2D eigenvalue weighted by Gasteiger charge is -2.18. The van der Waals surface area contributed by atoms with E-state index < -0.39 is 6.10 Å². The summed E-state index contributed by atoms with van der Waals surface area (Å²) in [5, 5.41) is 0. The Labute approximate surface area is 465 Å². The second-order valence-electron chi connectivity index (χ2n) is 21.3. The zero-order valence-electron chi connectivity index (χ0n) is 49.6. The van der Waals surface area contributed by atoms with Gasteiger partial charge in [-0.05, 0) is 116 Å². The van der Waals surface area contributed by atoms with Crippen LogP contribution in [-0.2, 0) is 28.6 Å². The van der Waals surface area contributed by atoms with Crippen molar-refractivity contribution < 1.29 is 28.6 Å². The van der Waals surface area contributed by atoms with Gasteiger partial charge in [-0.3, -0.25) is 14.4 Å². The molecular formula is C69H120O6. The number of unbranched alkanes of at least 4 members (excludes halogenated alkanes) is 33. The van der Waals surface area contributed by atoms with E-state index in [1.165, 1.54) is 167 Å². The summed E-state index contributed by atoms with van der Waals surface area (Å²) >= 11 is 0. The first kappa shape index (κ1) is 71.6. The maximum Gasteiger partial charge on any atom is 0.306 e. The number of allylic oxidation sites excluding steroid dienone is 14. The molecule has 0 aliphatic rings. The van der Waals surface area contributed by atoms with Crippen LogP contribution in [-0.4, -0.2) is 37.2 Å². The molecule has 75 heavy (non-hydrogen) atoms. The Morgan fingerprint density at radius 2 is 0.520 bits per heavy atom. The third-order valence-electron chi connectivity index (χ3n) is 13.9. The van der Waals surface area contributed by atoms with Crippen molar-refractivity contribution in [3.63, 3.8) is 0 Å². The van der Waals surface area contributed by atoms with Crippen molar-refractivity contribution in [2.75, 3.05) is 13.2 Å². The Kier molecular flexibility index (Phi) is 60.3. The van der Waals surface area contributed by atoms with Gasteiger partial charge in [0, 0.05) is 19.3 Å². The van der Waals surface area contributed by atoms with E-state index in [0.717, 1.165) is 109 Å². The van der Waals surface area contributed by atoms with Crippen LogP contribution in [0.3, 0.4) is 0 Å². The molecular weight excluding hydrogens is 925 g/mol. The van der Waals surface area contributed by atoms with Crippen molar-refractivity contribution in [1.82, 2.24) is 0 Å². The lowest BCUT2D eigenvalue weighted by atomic mass is 10.1. The molecule has 6 nitrogen and oxygen atoms in total. The lowest BCUT2D eigenvalue weighted by molar-refractivity contribution is -0.167. The van der Waals surface area contributed by atoms with Crippen LogP contribution in [0.25, 0.3) is 0 Å². The zero-order valence-corrected chi connectivity index (χ0v) is 49.6. The molecule has 0 saturated heterocycles. The number of ether oxygens (including phenoxy) is 3. The van der Waals surface area contributed by atoms with Gasteiger partial charge in [0.1, 0.15) is 13.2 Å². The molecule has 432 valence electrons. The highest BCUT2D eigenvalue weighted by Crippen LogP contribution is 2.16. The van der Waals surface area contributed by atoms with Crippen LogP contribution in [0.4, 0.5) is 0 Å². The van der Waals surface area contributed by atoms with Gasteiger partial charge in [-0.25, -0.2) is 0 Å². The number of carbonyl (C=O) groups is 3. The maximum atomic E-state index is 12.9. The normalized spacial score (nSPS) is 12.6. The van der Waals surface area contributed by atoms with E-state index in [1.807, 2.05) is 0 Å². The Morgan fingerprint density at radius 3 is 0.827 bits per heavy atom. The Morgan fingerprint density at radius 1 is 0.280 bits per heavy atom. The highest BCUT2D eigenvalue weighted by atomic mass is 16.6. The molecule has 1 unspecified atom stereocenters. The summed E-state index contributed by atoms with van der Waals surface area (Å²) in [5.41, 5.74) is 0. The van der Waals surface area contributed by atoms with Crippen LogP contribution in [0, 0.1) is 0 Å². The fourth-order valence-electron chi connectivity index (χ4n) is 9.05. The highest BCUT2D eigenvalue weighted by molar-refractivity contribution is 5.71. The summed E-state index contributed by atoms with van der Waals surface area (Å²) in [5.74, 6) is -0.897. The highest BCUT2D eigenvalue weighted by Gasteiger charge is 2.19. The Balaban J connectivity index is 4.42. The van der Waals surface area contributed by atoms with Gasteiger partial charge in [0.2, 0.25) is 0 Å². The fourth-order valence-corrected chi connectivity index (χ4v) is 9.05. The van der Waals surface area contributed by atoms with E-state index in [2.05, 4.69) is 106 Å². The first-order valence-corrected chi connectivity index (χ1v) is 32.1. The largest absolute Gasteiger partial charge is 0.462 e. The predicted molar refractivity (Wildman–Crippen MR) is 325 cm³/mol. The van der Waals surface area contributed by atoms with Gasteiger partial charge in [0.05, 0.1) is 0 Å². The summed E-state index contributed by atoms with van der Waals surface area (Å²) in [6, 6.07) is 0. The molecule has 0 aliphatic heterocycles. The number of hydrogen-bond acceptors (Lipinski definition) is 6. The second-order valence-corrected chi connectivity index (χ2v) is 21.3. The number of hydrogen-bond donors (Lipinski definition) is 0. The van der Waals surface area contributed by atoms with Crippen LogP contribution in [0.2, 0.25) is 0 Å². The van der Waals surface area contributed by atoms with Crippen molar-refractivity contribution in [2.45, 2.75) is 322 Å². The lowest BCUT2D eigenvalue weighted by Crippen LogP contribution is -2.30. The summed E-state index contributed by atoms with van der Waals surface area (Å²) < 4.78 is 16.9. The monoisotopic (exact) mass is 1040 g/mol. The molecule has 0 saturated carbocycles. The van der Waals surface area contributed by atoms with E-state index in [-0.39, 0.29) is 31.1 Å². The summed E-state index contributed by atoms with van der Waals surface area (Å²) in [4.78, 5) is 38.3. The maximum absolute atomic E-state index is 12.9. The summed E-state index contributed by atoms with van der Waals surface area (Å²) in [6.07, 6.45) is 82.9. The third-order valence-corrected chi connectivity index (χ3v) is 13.9. The van der Waals surface area contributed by atoms with Crippen molar-refractivity contribution in [1.29, 1.82) is 0 Å². The second kappa shape index (κ2) is 63.1. The molecule has 0 fully saturated rings. The Bertz CT molecular complexity index is 1430. The molecule has 0 heterocycles. The SMILES string of the molecule is CC/C=C\C/C=C\C/C=C\C/C=C\C/C=C\CCCCCCCC(=O)OCC(COC(=O)CCCCCCCCC/C=C\CCCCCCCC)OC(=O)CCCCCCCCCCC/C=C\CCCCCCCC. The van der Waals surface area contributed by atoms with E-state index in [4.69, 9.17) is 14.2 Å². The molecule has 0 rings (SSSR count). The minimum Gasteiger partial charge on any atom is -0.462 e. The molecule has 0 bridgehead atoms. The standard InChI is InChI=1S/C69H120O6/c1-4-7-10-13-16-19-22-25-28-31-33-34-36-38-41-44-47-50-53-56-59-62-68(71)74-65-66(64-73-67(70)61-58-55-52-49-46-43-40-37-30-27-24-21-18-15-12-9-6-3)75-69(72)63-60-57-54-51-48-45-42-39-35-32-29-26-23-20-17-14-11-8-5-2/h7,10,16,19,25-30,33-34,38,41,66H,4-6,8-9,11-15,17-18,20-24,31-32,35-37,39-40,42-65H2,1-3H3/b10-7-,19-16-,28-25-,29-26-,30-27-,34-33-,41-38-. The van der Waals surface area contributed by atoms with Gasteiger partial charge < -0.3 is 14.2 Å². The first-order valence-electron chi connectivity index (χ1n) is 32.1. The number of carbonyl (C=O) groups excluding carboxylic acids is 3. The van der Waals surface area contributed by atoms with E-state index >= 15 is 0 Å². The first-order chi connectivity index (χ1) is 37.0.